The van der Waals surface area contributed by atoms with E-state index < -0.39 is 23.6 Å². The summed E-state index contributed by atoms with van der Waals surface area (Å²) in [5.74, 6) is -0.165. The van der Waals surface area contributed by atoms with Gasteiger partial charge in [-0.05, 0) is 42.1 Å². The summed E-state index contributed by atoms with van der Waals surface area (Å²) in [7, 11) is 1.51. The second-order valence-electron chi connectivity index (χ2n) is 6.30. The van der Waals surface area contributed by atoms with Crippen molar-refractivity contribution >= 4 is 52.2 Å². The van der Waals surface area contributed by atoms with Crippen molar-refractivity contribution in [3.05, 3.63) is 70.6 Å². The Kier molecular flexibility index (Phi) is 7.38. The Morgan fingerprint density at radius 3 is 2.74 bits per heavy atom. The van der Waals surface area contributed by atoms with Crippen molar-refractivity contribution in [2.75, 3.05) is 25.6 Å². The van der Waals surface area contributed by atoms with E-state index in [1.165, 1.54) is 7.11 Å². The normalized spacial score (nSPS) is 14.6. The lowest BCUT2D eigenvalue weighted by Crippen LogP contribution is -2.36. The van der Waals surface area contributed by atoms with Crippen LogP contribution in [0.5, 0.6) is 11.5 Å². The summed E-state index contributed by atoms with van der Waals surface area (Å²) in [6.07, 6.45) is 3.13. The van der Waals surface area contributed by atoms with Crippen LogP contribution in [0.3, 0.4) is 0 Å². The SMILES string of the molecule is C=CCOc1c(/C=C2\SC(=O)N(CC(=O)Nc3cccc(Cl)c3)C2=O)cccc1OC. The second-order valence-corrected chi connectivity index (χ2v) is 7.73. The van der Waals surface area contributed by atoms with Gasteiger partial charge in [-0.25, -0.2) is 0 Å². The third-order valence-corrected chi connectivity index (χ3v) is 5.29. The minimum Gasteiger partial charge on any atom is -0.493 e. The van der Waals surface area contributed by atoms with Gasteiger partial charge in [-0.3, -0.25) is 19.3 Å². The average molecular weight is 459 g/mol. The highest BCUT2D eigenvalue weighted by Gasteiger charge is 2.36. The van der Waals surface area contributed by atoms with Crippen LogP contribution in [0, 0.1) is 0 Å². The number of thioether (sulfide) groups is 1. The lowest BCUT2D eigenvalue weighted by Gasteiger charge is -2.13. The van der Waals surface area contributed by atoms with E-state index in [-0.39, 0.29) is 11.5 Å². The minimum atomic E-state index is -0.561. The maximum absolute atomic E-state index is 12.8. The van der Waals surface area contributed by atoms with Gasteiger partial charge in [0.1, 0.15) is 13.2 Å². The highest BCUT2D eigenvalue weighted by atomic mass is 35.5. The number of carbonyl (C=O) groups is 3. The van der Waals surface area contributed by atoms with Gasteiger partial charge in [0.2, 0.25) is 5.91 Å². The van der Waals surface area contributed by atoms with Gasteiger partial charge in [0.25, 0.3) is 11.1 Å². The first-order chi connectivity index (χ1) is 14.9. The zero-order valence-corrected chi connectivity index (χ0v) is 18.2. The molecule has 0 atom stereocenters. The van der Waals surface area contributed by atoms with Crippen molar-refractivity contribution in [3.63, 3.8) is 0 Å². The number of hydrogen-bond acceptors (Lipinski definition) is 6. The Morgan fingerprint density at radius 1 is 1.26 bits per heavy atom. The van der Waals surface area contributed by atoms with E-state index in [1.54, 1.807) is 54.6 Å². The highest BCUT2D eigenvalue weighted by molar-refractivity contribution is 8.18. The quantitative estimate of drug-likeness (QED) is 0.460. The van der Waals surface area contributed by atoms with Crippen molar-refractivity contribution in [1.82, 2.24) is 4.90 Å². The first kappa shape index (κ1) is 22.5. The zero-order valence-electron chi connectivity index (χ0n) is 16.6. The molecule has 0 radical (unpaired) electrons. The summed E-state index contributed by atoms with van der Waals surface area (Å²) in [5.41, 5.74) is 1.04. The Balaban J connectivity index is 1.77. The Morgan fingerprint density at radius 2 is 2.03 bits per heavy atom. The fraction of sp³-hybridized carbons (Fsp3) is 0.136. The Bertz CT molecular complexity index is 1070. The molecule has 3 rings (SSSR count). The molecule has 0 unspecified atom stereocenters. The molecule has 0 aliphatic carbocycles. The molecule has 31 heavy (non-hydrogen) atoms. The molecule has 7 nitrogen and oxygen atoms in total. The number of ether oxygens (including phenoxy) is 2. The molecule has 2 aromatic carbocycles. The van der Waals surface area contributed by atoms with Gasteiger partial charge in [0.15, 0.2) is 11.5 Å². The highest BCUT2D eigenvalue weighted by Crippen LogP contribution is 2.37. The molecule has 1 heterocycles. The van der Waals surface area contributed by atoms with Gasteiger partial charge in [0, 0.05) is 16.3 Å². The topological polar surface area (TPSA) is 84.9 Å². The summed E-state index contributed by atoms with van der Waals surface area (Å²) in [6.45, 7) is 3.45. The predicted molar refractivity (Wildman–Crippen MR) is 121 cm³/mol. The monoisotopic (exact) mass is 458 g/mol. The van der Waals surface area contributed by atoms with Gasteiger partial charge in [0.05, 0.1) is 12.0 Å². The number of rotatable bonds is 8. The van der Waals surface area contributed by atoms with Crippen LogP contribution >= 0.6 is 23.4 Å². The molecule has 160 valence electrons. The second kappa shape index (κ2) is 10.2. The molecule has 0 aromatic heterocycles. The molecule has 3 amide bonds. The number of para-hydroxylation sites is 1. The van der Waals surface area contributed by atoms with E-state index in [1.807, 2.05) is 0 Å². The van der Waals surface area contributed by atoms with E-state index in [4.69, 9.17) is 21.1 Å². The molecule has 0 bridgehead atoms. The maximum Gasteiger partial charge on any atom is 0.294 e. The summed E-state index contributed by atoms with van der Waals surface area (Å²) < 4.78 is 11.0. The van der Waals surface area contributed by atoms with Gasteiger partial charge < -0.3 is 14.8 Å². The standard InChI is InChI=1S/C22H19ClN2O5S/c1-3-10-30-20-14(6-4-9-17(20)29-2)11-18-21(27)25(22(28)31-18)13-19(26)24-16-8-5-7-15(23)12-16/h3-9,11-12H,1,10,13H2,2H3,(H,24,26)/b18-11-. The summed E-state index contributed by atoms with van der Waals surface area (Å²) in [4.78, 5) is 38.5. The summed E-state index contributed by atoms with van der Waals surface area (Å²) >= 11 is 6.66. The van der Waals surface area contributed by atoms with Crippen LogP contribution in [0.2, 0.25) is 5.02 Å². The van der Waals surface area contributed by atoms with Gasteiger partial charge >= 0.3 is 0 Å². The third kappa shape index (κ3) is 5.48. The molecular formula is C22H19ClN2O5S. The number of benzene rings is 2. The molecule has 1 fully saturated rings. The number of methoxy groups -OCH3 is 1. The zero-order chi connectivity index (χ0) is 22.4. The molecule has 9 heteroatoms. The number of nitrogens with zero attached hydrogens (tertiary/aromatic N) is 1. The van der Waals surface area contributed by atoms with E-state index in [2.05, 4.69) is 11.9 Å². The van der Waals surface area contributed by atoms with Crippen molar-refractivity contribution in [2.24, 2.45) is 0 Å². The molecule has 0 spiro atoms. The van der Waals surface area contributed by atoms with Crippen LogP contribution in [0.1, 0.15) is 5.56 Å². The Labute approximate surface area is 188 Å². The molecule has 1 aliphatic rings. The summed E-state index contributed by atoms with van der Waals surface area (Å²) in [6, 6.07) is 11.8. The fourth-order valence-corrected chi connectivity index (χ4v) is 3.81. The van der Waals surface area contributed by atoms with Gasteiger partial charge in [-0.15, -0.1) is 0 Å². The van der Waals surface area contributed by atoms with Crippen molar-refractivity contribution in [1.29, 1.82) is 0 Å². The van der Waals surface area contributed by atoms with Crippen LogP contribution in [0.25, 0.3) is 6.08 Å². The van der Waals surface area contributed by atoms with Crippen molar-refractivity contribution < 1.29 is 23.9 Å². The largest absolute Gasteiger partial charge is 0.493 e. The van der Waals surface area contributed by atoms with Crippen molar-refractivity contribution in [2.45, 2.75) is 0 Å². The van der Waals surface area contributed by atoms with E-state index >= 15 is 0 Å². The molecular weight excluding hydrogens is 440 g/mol. The van der Waals surface area contributed by atoms with E-state index in [0.29, 0.717) is 27.8 Å². The predicted octanol–water partition coefficient (Wildman–Crippen LogP) is 4.59. The number of carbonyl (C=O) groups excluding carboxylic acids is 3. The van der Waals surface area contributed by atoms with Crippen LogP contribution < -0.4 is 14.8 Å². The minimum absolute atomic E-state index is 0.178. The Hall–Kier alpha value is -3.23. The van der Waals surface area contributed by atoms with E-state index in [0.717, 1.165) is 16.7 Å². The van der Waals surface area contributed by atoms with Gasteiger partial charge in [-0.1, -0.05) is 42.5 Å². The van der Waals surface area contributed by atoms with Gasteiger partial charge in [-0.2, -0.15) is 0 Å². The number of nitrogens with one attached hydrogen (secondary N) is 1. The number of amides is 3. The lowest BCUT2D eigenvalue weighted by atomic mass is 10.1. The number of imide groups is 1. The van der Waals surface area contributed by atoms with Crippen LogP contribution in [0.4, 0.5) is 10.5 Å². The molecule has 1 saturated heterocycles. The van der Waals surface area contributed by atoms with Crippen LogP contribution in [-0.2, 0) is 9.59 Å². The number of anilines is 1. The lowest BCUT2D eigenvalue weighted by molar-refractivity contribution is -0.127. The van der Waals surface area contributed by atoms with Crippen LogP contribution in [-0.4, -0.2) is 42.2 Å². The first-order valence-corrected chi connectivity index (χ1v) is 10.3. The molecule has 1 N–H and O–H groups in total. The third-order valence-electron chi connectivity index (χ3n) is 4.15. The van der Waals surface area contributed by atoms with E-state index in [9.17, 15) is 14.4 Å². The molecule has 1 aliphatic heterocycles. The first-order valence-electron chi connectivity index (χ1n) is 9.14. The fourth-order valence-electron chi connectivity index (χ4n) is 2.79. The smallest absolute Gasteiger partial charge is 0.294 e. The number of hydrogen-bond donors (Lipinski definition) is 1. The number of halogens is 1. The average Bonchev–Trinajstić information content (AvgIpc) is 3.00. The summed E-state index contributed by atoms with van der Waals surface area (Å²) in [5, 5.41) is 2.54. The van der Waals surface area contributed by atoms with Crippen molar-refractivity contribution in [3.8, 4) is 11.5 Å². The molecule has 2 aromatic rings. The maximum atomic E-state index is 12.8. The van der Waals surface area contributed by atoms with Crippen LogP contribution in [0.15, 0.2) is 60.0 Å². The molecule has 0 saturated carbocycles.